The molecule has 0 bridgehead atoms. The van der Waals surface area contributed by atoms with E-state index in [9.17, 15) is 0 Å². The van der Waals surface area contributed by atoms with Gasteiger partial charge in [0.1, 0.15) is 0 Å². The maximum Gasteiger partial charge on any atom is 3.00 e. The minimum Gasteiger partial charge on any atom is -1.00 e. The van der Waals surface area contributed by atoms with Crippen molar-refractivity contribution < 1.29 is 51.0 Å². The van der Waals surface area contributed by atoms with Gasteiger partial charge in [0.05, 0.1) is 0 Å². The van der Waals surface area contributed by atoms with Gasteiger partial charge in [0, 0.05) is 19.2 Å². The van der Waals surface area contributed by atoms with Crippen molar-refractivity contribution in [3.8, 4) is 0 Å². The van der Waals surface area contributed by atoms with Crippen LogP contribution in [0.15, 0.2) is 16.1 Å². The van der Waals surface area contributed by atoms with Crippen molar-refractivity contribution in [2.24, 2.45) is 0 Å². The van der Waals surface area contributed by atoms with Crippen LogP contribution in [0, 0.1) is 6.08 Å². The molecule has 1 fully saturated rings. The van der Waals surface area contributed by atoms with Gasteiger partial charge in [-0.15, -0.1) is 0 Å². The average molecular weight is 471 g/mol. The zero-order valence-electron chi connectivity index (χ0n) is 17.4. The predicted molar refractivity (Wildman–Crippen MR) is 104 cm³/mol. The Kier molecular flexibility index (Phi) is 9.86. The topological polar surface area (TPSA) is 21.3 Å². The molecule has 1 heterocycles. The molecule has 2 aliphatic rings. The number of allylic oxidation sites excluding steroid dienone is 2. The summed E-state index contributed by atoms with van der Waals surface area (Å²) in [5, 5.41) is 7.05. The van der Waals surface area contributed by atoms with Gasteiger partial charge in [0.25, 0.3) is 0 Å². The van der Waals surface area contributed by atoms with Crippen LogP contribution < -0.4 is 30.1 Å². The molecule has 0 saturated carbocycles. The second kappa shape index (κ2) is 8.68. The monoisotopic (exact) mass is 470 g/mol. The summed E-state index contributed by atoms with van der Waals surface area (Å²) in [6.45, 7) is 23.6. The molecule has 0 aromatic rings. The van der Waals surface area contributed by atoms with E-state index in [0.29, 0.717) is 0 Å². The minimum absolute atomic E-state index is 0. The molecule has 2 atom stereocenters. The van der Waals surface area contributed by atoms with E-state index in [4.69, 9.17) is 4.43 Å². The SMILES string of the molecule is CC[Si](C)(C)[Si]1(C)C2=[C-]C(O[Si](C)(C)C)C(NC(C)(C)C)=C21.[Cl-].[Cl-].[Ti+3]. The van der Waals surface area contributed by atoms with Crippen LogP contribution in [0.1, 0.15) is 27.7 Å². The van der Waals surface area contributed by atoms with E-state index in [1.165, 1.54) is 11.7 Å². The van der Waals surface area contributed by atoms with Crippen molar-refractivity contribution in [3.05, 3.63) is 22.2 Å². The number of hydrogen-bond acceptors (Lipinski definition) is 2. The van der Waals surface area contributed by atoms with Crippen molar-refractivity contribution in [2.45, 2.75) is 84.7 Å². The van der Waals surface area contributed by atoms with Gasteiger partial charge in [-0.05, 0) is 48.0 Å². The third-order valence-electron chi connectivity index (χ3n) is 5.21. The third-order valence-corrected chi connectivity index (χ3v) is 24.0. The Labute approximate surface area is 185 Å². The Morgan fingerprint density at radius 2 is 1.60 bits per heavy atom. The van der Waals surface area contributed by atoms with Gasteiger partial charge in [-0.3, -0.25) is 0 Å². The standard InChI is InChI=1S/C17H34NOSi3.2ClH.Ti/c1-11-21(8,9)22(10)14-12-13(19-20(5,6)7)15(16(14)22)18-17(2,3)4;;;/h13,18H,11H2,1-10H3;2*1H;/q-1;;;+3/p-2. The zero-order chi connectivity index (χ0) is 17.1. The molecule has 8 heteroatoms. The fourth-order valence-corrected chi connectivity index (χ4v) is 16.7. The third kappa shape index (κ3) is 5.60. The van der Waals surface area contributed by atoms with E-state index in [2.05, 4.69) is 78.4 Å². The number of fused-ring (bicyclic) bond motifs is 1. The second-order valence-corrected chi connectivity index (χ2v) is 28.9. The van der Waals surface area contributed by atoms with Crippen molar-refractivity contribution in [1.82, 2.24) is 5.32 Å². The Bertz CT molecular complexity index is 553. The van der Waals surface area contributed by atoms with Crippen LogP contribution in [-0.4, -0.2) is 35.1 Å². The number of nitrogens with one attached hydrogen (secondary N) is 1. The summed E-state index contributed by atoms with van der Waals surface area (Å²) >= 11 is 0. The molecule has 1 radical (unpaired) electrons. The van der Waals surface area contributed by atoms with Crippen LogP contribution in [0.4, 0.5) is 0 Å². The van der Waals surface area contributed by atoms with Crippen molar-refractivity contribution in [3.63, 3.8) is 0 Å². The molecule has 25 heavy (non-hydrogen) atoms. The summed E-state index contributed by atoms with van der Waals surface area (Å²) in [7, 11) is -4.11. The van der Waals surface area contributed by atoms with Crippen LogP contribution in [0.2, 0.25) is 45.3 Å². The maximum absolute atomic E-state index is 6.42. The fourth-order valence-electron chi connectivity index (χ4n) is 3.33. The number of halogens is 2. The van der Waals surface area contributed by atoms with Crippen LogP contribution >= 0.6 is 0 Å². The summed E-state index contributed by atoms with van der Waals surface area (Å²) in [4.78, 5) is 0. The average Bonchev–Trinajstić information content (AvgIpc) is 2.73. The predicted octanol–water partition coefficient (Wildman–Crippen LogP) is -1.43. The number of rotatable bonds is 5. The van der Waals surface area contributed by atoms with Gasteiger partial charge in [0.15, 0.2) is 8.32 Å². The van der Waals surface area contributed by atoms with Crippen LogP contribution in [-0.2, 0) is 26.1 Å². The molecule has 1 saturated heterocycles. The molecule has 0 amide bonds. The first-order chi connectivity index (χ1) is 9.73. The quantitative estimate of drug-likeness (QED) is 0.393. The first kappa shape index (κ1) is 28.4. The minimum atomic E-state index is -1.57. The van der Waals surface area contributed by atoms with E-state index < -0.39 is 23.5 Å². The van der Waals surface area contributed by atoms with Crippen molar-refractivity contribution in [1.29, 1.82) is 0 Å². The van der Waals surface area contributed by atoms with Gasteiger partial charge >= 0.3 is 21.7 Å². The van der Waals surface area contributed by atoms with E-state index >= 15 is 0 Å². The van der Waals surface area contributed by atoms with E-state index in [1.54, 1.807) is 10.4 Å². The Balaban J connectivity index is 0. The Morgan fingerprint density at radius 3 is 1.96 bits per heavy atom. The molecule has 1 N–H and O–H groups in total. The van der Waals surface area contributed by atoms with Crippen LogP contribution in [0.5, 0.6) is 0 Å². The van der Waals surface area contributed by atoms with E-state index in [-0.39, 0.29) is 58.2 Å². The molecule has 0 aromatic heterocycles. The summed E-state index contributed by atoms with van der Waals surface area (Å²) in [6, 6.07) is 1.37. The van der Waals surface area contributed by atoms with Gasteiger partial charge in [-0.2, -0.15) is 5.20 Å². The van der Waals surface area contributed by atoms with Gasteiger partial charge in [-0.1, -0.05) is 38.3 Å². The van der Waals surface area contributed by atoms with Crippen molar-refractivity contribution >= 4 is 23.5 Å². The zero-order valence-corrected chi connectivity index (χ0v) is 23.5. The van der Waals surface area contributed by atoms with E-state index in [0.717, 1.165) is 0 Å². The smallest absolute Gasteiger partial charge is 1.00 e. The summed E-state index contributed by atoms with van der Waals surface area (Å²) in [5.41, 5.74) is 1.45. The molecule has 1 aliphatic heterocycles. The van der Waals surface area contributed by atoms with Gasteiger partial charge in [-0.25, -0.2) is 11.3 Å². The Morgan fingerprint density at radius 1 is 1.12 bits per heavy atom. The van der Waals surface area contributed by atoms with Gasteiger partial charge < -0.3 is 34.6 Å². The first-order valence-corrected chi connectivity index (χ1v) is 18.7. The molecule has 2 rings (SSSR count). The normalized spacial score (nSPS) is 25.2. The molecule has 1 aliphatic carbocycles. The van der Waals surface area contributed by atoms with E-state index in [1.807, 2.05) is 0 Å². The molecule has 0 spiro atoms. The maximum atomic E-state index is 6.42. The molecule has 143 valence electrons. The fraction of sp³-hybridized carbons (Fsp3) is 0.765. The first-order valence-electron chi connectivity index (χ1n) is 8.58. The molecular weight excluding hydrogens is 437 g/mol. The Hall–Kier alpha value is 1.18. The molecule has 2 nitrogen and oxygen atoms in total. The van der Waals surface area contributed by atoms with Crippen molar-refractivity contribution in [2.75, 3.05) is 0 Å². The second-order valence-electron chi connectivity index (χ2n) is 9.66. The van der Waals surface area contributed by atoms with Crippen LogP contribution in [0.25, 0.3) is 0 Å². The molecule has 0 aromatic carbocycles. The molecular formula is C17H34Cl2NOSi3Ti. The van der Waals surface area contributed by atoms with Gasteiger partial charge in [0.2, 0.25) is 0 Å². The molecule has 2 unspecified atom stereocenters. The summed E-state index contributed by atoms with van der Waals surface area (Å²) < 4.78 is 6.42. The van der Waals surface area contributed by atoms with Crippen LogP contribution in [0.3, 0.4) is 0 Å². The summed E-state index contributed by atoms with van der Waals surface area (Å²) in [5.74, 6) is 0. The largest absolute Gasteiger partial charge is 3.00 e. The number of hydrogen-bond donors (Lipinski definition) is 1. The summed E-state index contributed by atoms with van der Waals surface area (Å²) in [6.07, 6.45) is 3.84.